The van der Waals surface area contributed by atoms with Crippen LogP contribution < -0.4 is 14.4 Å². The van der Waals surface area contributed by atoms with Gasteiger partial charge in [0.25, 0.3) is 0 Å². The average Bonchev–Trinajstić information content (AvgIpc) is 2.62. The Morgan fingerprint density at radius 2 is 1.70 bits per heavy atom. The first-order valence-corrected chi connectivity index (χ1v) is 10.2. The predicted octanol–water partition coefficient (Wildman–Crippen LogP) is 2.87. The van der Waals surface area contributed by atoms with Gasteiger partial charge >= 0.3 is 0 Å². The molecule has 6 nitrogen and oxygen atoms in total. The van der Waals surface area contributed by atoms with Crippen molar-refractivity contribution in [2.24, 2.45) is 0 Å². The molecule has 0 aliphatic heterocycles. The summed E-state index contributed by atoms with van der Waals surface area (Å²) >= 11 is 0. The van der Waals surface area contributed by atoms with Crippen molar-refractivity contribution < 1.29 is 22.3 Å². The van der Waals surface area contributed by atoms with E-state index in [4.69, 9.17) is 4.74 Å². The predicted molar refractivity (Wildman–Crippen MR) is 103 cm³/mol. The van der Waals surface area contributed by atoms with Crippen molar-refractivity contribution in [3.05, 3.63) is 59.9 Å². The maximum atomic E-state index is 13.2. The van der Waals surface area contributed by atoms with Gasteiger partial charge in [0.15, 0.2) is 0 Å². The molecule has 0 unspecified atom stereocenters. The largest absolute Gasteiger partial charge is 0.496 e. The molecule has 27 heavy (non-hydrogen) atoms. The summed E-state index contributed by atoms with van der Waals surface area (Å²) in [6.45, 7) is 3.26. The summed E-state index contributed by atoms with van der Waals surface area (Å²) in [7, 11) is -2.23. The Morgan fingerprint density at radius 1 is 1.11 bits per heavy atom. The number of carbonyl (C=O) groups excluding carboxylic acids is 1. The number of halogens is 1. The third-order valence-electron chi connectivity index (χ3n) is 4.13. The maximum Gasteiger partial charge on any atom is 0.244 e. The summed E-state index contributed by atoms with van der Waals surface area (Å²) < 4.78 is 43.9. The molecule has 0 radical (unpaired) electrons. The van der Waals surface area contributed by atoms with E-state index in [1.165, 1.54) is 26.2 Å². The molecule has 8 heteroatoms. The van der Waals surface area contributed by atoms with Crippen LogP contribution in [0, 0.1) is 5.82 Å². The fourth-order valence-electron chi connectivity index (χ4n) is 2.83. The van der Waals surface area contributed by atoms with Crippen LogP contribution in [0.4, 0.5) is 10.1 Å². The molecule has 0 saturated heterocycles. The van der Waals surface area contributed by atoms with Crippen LogP contribution in [0.2, 0.25) is 0 Å². The molecule has 2 atom stereocenters. The highest BCUT2D eigenvalue weighted by molar-refractivity contribution is 7.92. The summed E-state index contributed by atoms with van der Waals surface area (Å²) in [6.07, 6.45) is 1.00. The number of nitrogens with zero attached hydrogens (tertiary/aromatic N) is 1. The standard InChI is InChI=1S/C19H23FN2O4S/c1-13(17-7-5-6-8-18(17)26-3)21-19(23)14(2)22(27(4,24)25)16-11-9-15(20)10-12-16/h5-14H,1-4H3,(H,21,23)/t13-,14-/m0/s1. The number of sulfonamides is 1. The van der Waals surface area contributed by atoms with Gasteiger partial charge in [-0.05, 0) is 44.2 Å². The fraction of sp³-hybridized carbons (Fsp3) is 0.316. The Labute approximate surface area is 159 Å². The lowest BCUT2D eigenvalue weighted by atomic mass is 10.1. The van der Waals surface area contributed by atoms with E-state index in [1.54, 1.807) is 13.0 Å². The van der Waals surface area contributed by atoms with Gasteiger partial charge in [-0.25, -0.2) is 12.8 Å². The number of anilines is 1. The van der Waals surface area contributed by atoms with Crippen LogP contribution in [0.25, 0.3) is 0 Å². The molecule has 0 bridgehead atoms. The number of para-hydroxylation sites is 1. The number of carbonyl (C=O) groups is 1. The molecular formula is C19H23FN2O4S. The van der Waals surface area contributed by atoms with Gasteiger partial charge in [-0.3, -0.25) is 9.10 Å². The van der Waals surface area contributed by atoms with Gasteiger partial charge in [0.1, 0.15) is 17.6 Å². The molecule has 0 heterocycles. The number of rotatable bonds is 7. The summed E-state index contributed by atoms with van der Waals surface area (Å²) in [4.78, 5) is 12.7. The first kappa shape index (κ1) is 20.7. The first-order chi connectivity index (χ1) is 12.6. The molecule has 2 aromatic carbocycles. The van der Waals surface area contributed by atoms with Crippen LogP contribution in [0.3, 0.4) is 0 Å². The minimum absolute atomic E-state index is 0.214. The van der Waals surface area contributed by atoms with E-state index in [0.717, 1.165) is 28.3 Å². The molecule has 2 rings (SSSR count). The highest BCUT2D eigenvalue weighted by Crippen LogP contribution is 2.25. The Hall–Kier alpha value is -2.61. The van der Waals surface area contributed by atoms with Gasteiger partial charge in [-0.1, -0.05) is 18.2 Å². The molecule has 0 aromatic heterocycles. The number of nitrogens with one attached hydrogen (secondary N) is 1. The Bertz CT molecular complexity index is 900. The van der Waals surface area contributed by atoms with Crippen LogP contribution >= 0.6 is 0 Å². The molecule has 146 valence electrons. The highest BCUT2D eigenvalue weighted by Gasteiger charge is 2.30. The molecular weight excluding hydrogens is 371 g/mol. The summed E-state index contributed by atoms with van der Waals surface area (Å²) in [6, 6.07) is 10.8. The summed E-state index contributed by atoms with van der Waals surface area (Å²) in [5.41, 5.74) is 0.986. The second kappa shape index (κ2) is 8.39. The van der Waals surface area contributed by atoms with Crippen LogP contribution in [-0.4, -0.2) is 33.7 Å². The number of benzene rings is 2. The van der Waals surface area contributed by atoms with Crippen molar-refractivity contribution in [1.82, 2.24) is 5.32 Å². The smallest absolute Gasteiger partial charge is 0.244 e. The molecule has 2 aromatic rings. The Balaban J connectivity index is 2.26. The van der Waals surface area contributed by atoms with E-state index in [9.17, 15) is 17.6 Å². The lowest BCUT2D eigenvalue weighted by Crippen LogP contribution is -2.48. The van der Waals surface area contributed by atoms with Crippen molar-refractivity contribution in [1.29, 1.82) is 0 Å². The molecule has 0 aliphatic rings. The molecule has 0 spiro atoms. The zero-order valence-electron chi connectivity index (χ0n) is 15.6. The van der Waals surface area contributed by atoms with E-state index in [1.807, 2.05) is 18.2 Å². The van der Waals surface area contributed by atoms with E-state index in [2.05, 4.69) is 5.32 Å². The van der Waals surface area contributed by atoms with E-state index < -0.39 is 33.8 Å². The van der Waals surface area contributed by atoms with Crippen LogP contribution in [0.15, 0.2) is 48.5 Å². The van der Waals surface area contributed by atoms with Crippen molar-refractivity contribution in [2.75, 3.05) is 17.7 Å². The monoisotopic (exact) mass is 394 g/mol. The average molecular weight is 394 g/mol. The minimum atomic E-state index is -3.76. The zero-order chi connectivity index (χ0) is 20.2. The molecule has 1 amide bonds. The maximum absolute atomic E-state index is 13.2. The van der Waals surface area contributed by atoms with Crippen molar-refractivity contribution in [3.8, 4) is 5.75 Å². The fourth-order valence-corrected chi connectivity index (χ4v) is 4.01. The molecule has 0 aliphatic carbocycles. The summed E-state index contributed by atoms with van der Waals surface area (Å²) in [5.74, 6) is -0.353. The quantitative estimate of drug-likeness (QED) is 0.784. The lowest BCUT2D eigenvalue weighted by molar-refractivity contribution is -0.122. The summed E-state index contributed by atoms with van der Waals surface area (Å²) in [5, 5.41) is 2.81. The van der Waals surface area contributed by atoms with Gasteiger partial charge in [0.05, 0.1) is 25.1 Å². The minimum Gasteiger partial charge on any atom is -0.496 e. The lowest BCUT2D eigenvalue weighted by Gasteiger charge is -2.29. The SMILES string of the molecule is COc1ccccc1[C@H](C)NC(=O)[C@H](C)N(c1ccc(F)cc1)S(C)(=O)=O. The topological polar surface area (TPSA) is 75.7 Å². The van der Waals surface area contributed by atoms with Gasteiger partial charge < -0.3 is 10.1 Å². The van der Waals surface area contributed by atoms with Crippen LogP contribution in [0.1, 0.15) is 25.5 Å². The van der Waals surface area contributed by atoms with Crippen molar-refractivity contribution >= 4 is 21.6 Å². The van der Waals surface area contributed by atoms with E-state index in [0.29, 0.717) is 5.75 Å². The van der Waals surface area contributed by atoms with Gasteiger partial charge in [0, 0.05) is 5.56 Å². The number of hydrogen-bond acceptors (Lipinski definition) is 4. The van der Waals surface area contributed by atoms with Crippen molar-refractivity contribution in [2.45, 2.75) is 25.9 Å². The first-order valence-electron chi connectivity index (χ1n) is 8.33. The number of methoxy groups -OCH3 is 1. The Morgan fingerprint density at radius 3 is 2.26 bits per heavy atom. The third-order valence-corrected chi connectivity index (χ3v) is 5.38. The van der Waals surface area contributed by atoms with Crippen LogP contribution in [-0.2, 0) is 14.8 Å². The Kier molecular flexibility index (Phi) is 6.43. The molecule has 0 saturated carbocycles. The van der Waals surface area contributed by atoms with E-state index >= 15 is 0 Å². The third kappa shape index (κ3) is 4.97. The normalized spacial score (nSPS) is 13.5. The van der Waals surface area contributed by atoms with Crippen molar-refractivity contribution in [3.63, 3.8) is 0 Å². The number of amides is 1. The van der Waals surface area contributed by atoms with Gasteiger partial charge in [-0.15, -0.1) is 0 Å². The number of ether oxygens (including phenoxy) is 1. The van der Waals surface area contributed by atoms with Gasteiger partial charge in [-0.2, -0.15) is 0 Å². The van der Waals surface area contributed by atoms with Crippen LogP contribution in [0.5, 0.6) is 5.75 Å². The van der Waals surface area contributed by atoms with E-state index in [-0.39, 0.29) is 5.69 Å². The second-order valence-corrected chi connectivity index (χ2v) is 8.04. The highest BCUT2D eigenvalue weighted by atomic mass is 32.2. The van der Waals surface area contributed by atoms with Gasteiger partial charge in [0.2, 0.25) is 15.9 Å². The molecule has 0 fully saturated rings. The number of hydrogen-bond donors (Lipinski definition) is 1. The second-order valence-electron chi connectivity index (χ2n) is 6.18. The zero-order valence-corrected chi connectivity index (χ0v) is 16.5. The molecule has 1 N–H and O–H groups in total.